The van der Waals surface area contributed by atoms with Gasteiger partial charge in [-0.3, -0.25) is 19.3 Å². The Balaban J connectivity index is 1.85. The third-order valence-corrected chi connectivity index (χ3v) is 7.49. The molecule has 9 nitrogen and oxygen atoms in total. The molecule has 5 N–H and O–H groups in total. The number of nitrogens with zero attached hydrogens (tertiary/aromatic N) is 2. The van der Waals surface area contributed by atoms with E-state index in [1.807, 2.05) is 19.1 Å². The lowest BCUT2D eigenvalue weighted by atomic mass is 9.94. The molecule has 2 aromatic carbocycles. The molecule has 0 spiro atoms. The summed E-state index contributed by atoms with van der Waals surface area (Å²) >= 11 is 0.789. The van der Waals surface area contributed by atoms with Gasteiger partial charge in [0.25, 0.3) is 11.8 Å². The quantitative estimate of drug-likeness (QED) is 0.410. The maximum atomic E-state index is 14.1. The summed E-state index contributed by atoms with van der Waals surface area (Å²) in [5.41, 5.74) is 13.2. The molecular weight excluding hydrogens is 490 g/mol. The number of para-hydroxylation sites is 1. The number of nitrogen functional groups attached to an aromatic ring is 1. The Morgan fingerprint density at radius 1 is 1.08 bits per heavy atom. The molecule has 1 saturated carbocycles. The molecular formula is C27H31N5O4S. The number of hydrogen-bond acceptors (Lipinski definition) is 7. The van der Waals surface area contributed by atoms with Crippen molar-refractivity contribution in [1.82, 2.24) is 9.69 Å². The van der Waals surface area contributed by atoms with Crippen LogP contribution in [-0.4, -0.2) is 35.2 Å². The first-order valence-corrected chi connectivity index (χ1v) is 13.0. The van der Waals surface area contributed by atoms with Crippen LogP contribution in [0.3, 0.4) is 0 Å². The summed E-state index contributed by atoms with van der Waals surface area (Å²) in [5, 5.41) is 3.18. The van der Waals surface area contributed by atoms with Gasteiger partial charge in [-0.15, -0.1) is 0 Å². The van der Waals surface area contributed by atoms with Crippen LogP contribution in [0.2, 0.25) is 0 Å². The lowest BCUT2D eigenvalue weighted by Crippen LogP contribution is -2.47. The van der Waals surface area contributed by atoms with Gasteiger partial charge in [0.15, 0.2) is 5.69 Å². The van der Waals surface area contributed by atoms with Gasteiger partial charge < -0.3 is 21.5 Å². The highest BCUT2D eigenvalue weighted by atomic mass is 32.1. The summed E-state index contributed by atoms with van der Waals surface area (Å²) in [5.74, 6) is -1.04. The number of amides is 3. The molecule has 3 amide bonds. The summed E-state index contributed by atoms with van der Waals surface area (Å²) in [4.78, 5) is 41.4. The Labute approximate surface area is 220 Å². The molecule has 3 aromatic rings. The van der Waals surface area contributed by atoms with E-state index >= 15 is 0 Å². The monoisotopic (exact) mass is 521 g/mol. The van der Waals surface area contributed by atoms with Crippen LogP contribution in [0, 0.1) is 6.92 Å². The molecule has 0 aliphatic heterocycles. The second-order valence-corrected chi connectivity index (χ2v) is 9.89. The minimum absolute atomic E-state index is 0.0331. The highest BCUT2D eigenvalue weighted by molar-refractivity contribution is 7.09. The number of carbonyl (C=O) groups excluding carboxylic acids is 3. The van der Waals surface area contributed by atoms with Gasteiger partial charge in [-0.05, 0) is 60.6 Å². The minimum Gasteiger partial charge on any atom is -0.497 e. The first-order chi connectivity index (χ1) is 17.8. The molecule has 10 heteroatoms. The van der Waals surface area contributed by atoms with Gasteiger partial charge in [0.2, 0.25) is 5.91 Å². The molecule has 0 bridgehead atoms. The van der Waals surface area contributed by atoms with Crippen LogP contribution in [0.25, 0.3) is 0 Å². The zero-order valence-corrected chi connectivity index (χ0v) is 21.7. The van der Waals surface area contributed by atoms with Crippen LogP contribution in [0.4, 0.5) is 11.4 Å². The second kappa shape index (κ2) is 11.4. The predicted molar refractivity (Wildman–Crippen MR) is 144 cm³/mol. The number of ether oxygens (including phenoxy) is 1. The zero-order valence-electron chi connectivity index (χ0n) is 20.9. The molecule has 1 atom stereocenters. The van der Waals surface area contributed by atoms with Gasteiger partial charge in [-0.25, -0.2) is 0 Å². The van der Waals surface area contributed by atoms with E-state index in [0.717, 1.165) is 49.2 Å². The van der Waals surface area contributed by atoms with Gasteiger partial charge in [-0.1, -0.05) is 49.6 Å². The fourth-order valence-electron chi connectivity index (χ4n) is 4.67. The Bertz CT molecular complexity index is 1280. The fraction of sp³-hybridized carbons (Fsp3) is 0.333. The Hall–Kier alpha value is -3.92. The van der Waals surface area contributed by atoms with E-state index in [1.54, 1.807) is 43.5 Å². The summed E-state index contributed by atoms with van der Waals surface area (Å²) in [6, 6.07) is 13.4. The van der Waals surface area contributed by atoms with E-state index in [9.17, 15) is 14.4 Å². The average Bonchev–Trinajstić information content (AvgIpc) is 3.29. The van der Waals surface area contributed by atoms with Gasteiger partial charge in [0.1, 0.15) is 16.7 Å². The number of primary amides is 1. The highest BCUT2D eigenvalue weighted by Gasteiger charge is 2.37. The summed E-state index contributed by atoms with van der Waals surface area (Å²) in [6.07, 6.45) is 5.03. The second-order valence-electron chi connectivity index (χ2n) is 9.12. The number of methoxy groups -OCH3 is 1. The molecule has 1 aromatic heterocycles. The third kappa shape index (κ3) is 5.59. The Morgan fingerprint density at radius 2 is 1.76 bits per heavy atom. The highest BCUT2D eigenvalue weighted by Crippen LogP contribution is 2.35. The SMILES string of the molecule is COc1ccc([C@H](C(=O)NC2CCCCC2)N(C(=O)c2snc(C(N)=O)c2N)c2ccccc2C)cc1. The van der Waals surface area contributed by atoms with Gasteiger partial charge in [0, 0.05) is 11.7 Å². The van der Waals surface area contributed by atoms with Crippen molar-refractivity contribution in [3.05, 3.63) is 70.2 Å². The Morgan fingerprint density at radius 3 is 2.35 bits per heavy atom. The maximum absolute atomic E-state index is 14.1. The van der Waals surface area contributed by atoms with Crippen molar-refractivity contribution in [2.45, 2.75) is 51.1 Å². The van der Waals surface area contributed by atoms with Crippen LogP contribution in [0.15, 0.2) is 48.5 Å². The van der Waals surface area contributed by atoms with E-state index in [0.29, 0.717) is 17.0 Å². The van der Waals surface area contributed by atoms with E-state index in [2.05, 4.69) is 9.69 Å². The number of aryl methyl sites for hydroxylation is 1. The molecule has 0 unspecified atom stereocenters. The Kier molecular flexibility index (Phi) is 8.08. The topological polar surface area (TPSA) is 141 Å². The average molecular weight is 522 g/mol. The molecule has 0 saturated heterocycles. The van der Waals surface area contributed by atoms with Crippen molar-refractivity contribution in [1.29, 1.82) is 0 Å². The van der Waals surface area contributed by atoms with Crippen molar-refractivity contribution in [2.24, 2.45) is 5.73 Å². The standard InChI is InChI=1S/C27H31N5O4S/c1-16-8-6-7-11-20(16)32(27(35)24-21(28)22(25(29)33)31-37-24)23(17-12-14-19(36-2)15-13-17)26(34)30-18-9-4-3-5-10-18/h6-8,11-15,18,23H,3-5,9-10,28H2,1-2H3,(H2,29,33)(H,30,34)/t23-/m1/s1. The van der Waals surface area contributed by atoms with Crippen LogP contribution < -0.4 is 26.4 Å². The number of carbonyl (C=O) groups is 3. The van der Waals surface area contributed by atoms with Crippen molar-refractivity contribution < 1.29 is 19.1 Å². The number of nitrogens with one attached hydrogen (secondary N) is 1. The molecule has 1 aliphatic carbocycles. The summed E-state index contributed by atoms with van der Waals surface area (Å²) in [7, 11) is 1.56. The van der Waals surface area contributed by atoms with Gasteiger partial charge in [-0.2, -0.15) is 4.37 Å². The third-order valence-electron chi connectivity index (χ3n) is 6.64. The zero-order chi connectivity index (χ0) is 26.5. The van der Waals surface area contributed by atoms with Crippen molar-refractivity contribution in [3.63, 3.8) is 0 Å². The van der Waals surface area contributed by atoms with Crippen molar-refractivity contribution in [3.8, 4) is 5.75 Å². The number of anilines is 2. The minimum atomic E-state index is -1.01. The van der Waals surface area contributed by atoms with Crippen molar-refractivity contribution in [2.75, 3.05) is 17.7 Å². The van der Waals surface area contributed by atoms with E-state index in [4.69, 9.17) is 16.2 Å². The first kappa shape index (κ1) is 26.2. The van der Waals surface area contributed by atoms with E-state index in [1.165, 1.54) is 4.90 Å². The molecule has 1 fully saturated rings. The van der Waals surface area contributed by atoms with Crippen LogP contribution >= 0.6 is 11.5 Å². The molecule has 1 aliphatic rings. The van der Waals surface area contributed by atoms with E-state index < -0.39 is 17.9 Å². The molecule has 0 radical (unpaired) electrons. The number of rotatable bonds is 8. The van der Waals surface area contributed by atoms with E-state index in [-0.39, 0.29) is 28.2 Å². The predicted octanol–water partition coefficient (Wildman–Crippen LogP) is 3.98. The van der Waals surface area contributed by atoms with Crippen LogP contribution in [0.1, 0.15) is 69.4 Å². The smallest absolute Gasteiger partial charge is 0.273 e. The lowest BCUT2D eigenvalue weighted by molar-refractivity contribution is -0.123. The molecule has 194 valence electrons. The lowest BCUT2D eigenvalue weighted by Gasteiger charge is -2.34. The molecule has 37 heavy (non-hydrogen) atoms. The number of nitrogens with two attached hydrogens (primary N) is 2. The summed E-state index contributed by atoms with van der Waals surface area (Å²) in [6.45, 7) is 1.87. The number of hydrogen-bond donors (Lipinski definition) is 3. The van der Waals surface area contributed by atoms with Crippen LogP contribution in [0.5, 0.6) is 5.75 Å². The normalized spacial score (nSPS) is 14.5. The van der Waals surface area contributed by atoms with Gasteiger partial charge in [0.05, 0.1) is 12.8 Å². The number of benzene rings is 2. The molecule has 1 heterocycles. The largest absolute Gasteiger partial charge is 0.497 e. The van der Waals surface area contributed by atoms with Crippen molar-refractivity contribution >= 4 is 40.6 Å². The fourth-order valence-corrected chi connectivity index (χ4v) is 5.41. The first-order valence-electron chi connectivity index (χ1n) is 12.2. The molecule has 4 rings (SSSR count). The van der Waals surface area contributed by atoms with Crippen LogP contribution in [-0.2, 0) is 4.79 Å². The summed E-state index contributed by atoms with van der Waals surface area (Å²) < 4.78 is 9.31. The maximum Gasteiger partial charge on any atom is 0.273 e. The number of aromatic nitrogens is 1. The van der Waals surface area contributed by atoms with Gasteiger partial charge >= 0.3 is 0 Å².